The van der Waals surface area contributed by atoms with Gasteiger partial charge in [0, 0.05) is 32.7 Å². The molecule has 0 aliphatic carbocycles. The summed E-state index contributed by atoms with van der Waals surface area (Å²) in [6.45, 7) is 8.85. The highest BCUT2D eigenvalue weighted by atomic mass is 16.2. The van der Waals surface area contributed by atoms with Crippen molar-refractivity contribution in [3.05, 3.63) is 0 Å². The van der Waals surface area contributed by atoms with E-state index in [1.54, 1.807) is 0 Å². The maximum Gasteiger partial charge on any atom is 0.320 e. The number of urea groups is 1. The summed E-state index contributed by atoms with van der Waals surface area (Å²) in [6, 6.07) is 0.234. The van der Waals surface area contributed by atoms with Gasteiger partial charge in [0.25, 0.3) is 0 Å². The van der Waals surface area contributed by atoms with Crippen LogP contribution >= 0.6 is 0 Å². The minimum absolute atomic E-state index is 0.234. The topological polar surface area (TPSA) is 26.8 Å². The summed E-state index contributed by atoms with van der Waals surface area (Å²) in [5.41, 5.74) is 0. The highest BCUT2D eigenvalue weighted by Crippen LogP contribution is 2.11. The van der Waals surface area contributed by atoms with Crippen molar-refractivity contribution in [1.29, 1.82) is 0 Å². The molecule has 2 amide bonds. The molecule has 100 valence electrons. The monoisotopic (exact) mass is 241 g/mol. The van der Waals surface area contributed by atoms with Crippen LogP contribution in [-0.2, 0) is 0 Å². The second-order valence-corrected chi connectivity index (χ2v) is 5.62. The van der Waals surface area contributed by atoms with Gasteiger partial charge in [-0.3, -0.25) is 0 Å². The van der Waals surface area contributed by atoms with Crippen LogP contribution in [0.4, 0.5) is 4.79 Å². The van der Waals surface area contributed by atoms with E-state index in [2.05, 4.69) is 18.7 Å². The molecule has 0 radical (unpaired) electrons. The van der Waals surface area contributed by atoms with Crippen molar-refractivity contribution in [2.45, 2.75) is 26.7 Å². The predicted octanol–water partition coefficient (Wildman–Crippen LogP) is 1.72. The molecule has 1 rings (SSSR count). The maximum absolute atomic E-state index is 12.3. The van der Waals surface area contributed by atoms with Crippen LogP contribution in [0.25, 0.3) is 0 Å². The standard InChI is InChI=1S/C13H27N3O/c1-12(2)11-16(10-9-14(3)4)13(17)15-7-5-6-8-15/h12H,5-11H2,1-4H3. The van der Waals surface area contributed by atoms with Gasteiger partial charge in [0.1, 0.15) is 0 Å². The van der Waals surface area contributed by atoms with Crippen molar-refractivity contribution in [3.8, 4) is 0 Å². The number of nitrogens with zero attached hydrogens (tertiary/aromatic N) is 3. The number of hydrogen-bond donors (Lipinski definition) is 0. The third-order valence-corrected chi connectivity index (χ3v) is 3.05. The van der Waals surface area contributed by atoms with Crippen molar-refractivity contribution < 1.29 is 4.79 Å². The second-order valence-electron chi connectivity index (χ2n) is 5.62. The first kappa shape index (κ1) is 14.3. The van der Waals surface area contributed by atoms with Gasteiger partial charge in [0.05, 0.1) is 0 Å². The third-order valence-electron chi connectivity index (χ3n) is 3.05. The third kappa shape index (κ3) is 4.94. The molecule has 0 aromatic carbocycles. The zero-order chi connectivity index (χ0) is 12.8. The smallest absolute Gasteiger partial charge is 0.320 e. The first-order chi connectivity index (χ1) is 8.00. The largest absolute Gasteiger partial charge is 0.325 e. The molecule has 0 atom stereocenters. The number of carbonyl (C=O) groups excluding carboxylic acids is 1. The lowest BCUT2D eigenvalue weighted by molar-refractivity contribution is 0.151. The van der Waals surface area contributed by atoms with Gasteiger partial charge in [0.15, 0.2) is 0 Å². The average Bonchev–Trinajstić information content (AvgIpc) is 2.75. The molecule has 0 saturated carbocycles. The zero-order valence-electron chi connectivity index (χ0n) is 11.8. The second kappa shape index (κ2) is 6.84. The Labute approximate surface area is 106 Å². The molecule has 1 aliphatic heterocycles. The van der Waals surface area contributed by atoms with Crippen LogP contribution in [0.15, 0.2) is 0 Å². The lowest BCUT2D eigenvalue weighted by atomic mass is 10.2. The minimum Gasteiger partial charge on any atom is -0.325 e. The highest BCUT2D eigenvalue weighted by molar-refractivity contribution is 5.74. The van der Waals surface area contributed by atoms with Gasteiger partial charge in [-0.1, -0.05) is 13.8 Å². The molecule has 0 spiro atoms. The lowest BCUT2D eigenvalue weighted by Crippen LogP contribution is -2.45. The maximum atomic E-state index is 12.3. The van der Waals surface area contributed by atoms with E-state index in [4.69, 9.17) is 0 Å². The number of likely N-dealkylation sites (N-methyl/N-ethyl adjacent to an activating group) is 1. The fourth-order valence-corrected chi connectivity index (χ4v) is 2.13. The lowest BCUT2D eigenvalue weighted by Gasteiger charge is -2.30. The quantitative estimate of drug-likeness (QED) is 0.733. The number of likely N-dealkylation sites (tertiary alicyclic amines) is 1. The summed E-state index contributed by atoms with van der Waals surface area (Å²) in [4.78, 5) is 18.5. The van der Waals surface area contributed by atoms with Crippen LogP contribution in [0, 0.1) is 5.92 Å². The van der Waals surface area contributed by atoms with E-state index >= 15 is 0 Å². The minimum atomic E-state index is 0.234. The fourth-order valence-electron chi connectivity index (χ4n) is 2.13. The summed E-state index contributed by atoms with van der Waals surface area (Å²) in [6.07, 6.45) is 2.32. The van der Waals surface area contributed by atoms with Gasteiger partial charge in [0.2, 0.25) is 0 Å². The summed E-state index contributed by atoms with van der Waals surface area (Å²) in [5, 5.41) is 0. The molecule has 1 saturated heterocycles. The van der Waals surface area contributed by atoms with Gasteiger partial charge < -0.3 is 14.7 Å². The molecule has 0 aromatic heterocycles. The van der Waals surface area contributed by atoms with E-state index < -0.39 is 0 Å². The number of hydrogen-bond acceptors (Lipinski definition) is 2. The summed E-state index contributed by atoms with van der Waals surface area (Å²) < 4.78 is 0. The Morgan fingerprint density at radius 3 is 2.24 bits per heavy atom. The Bertz CT molecular complexity index is 235. The normalized spacial score (nSPS) is 16.0. The van der Waals surface area contributed by atoms with Crippen molar-refractivity contribution in [3.63, 3.8) is 0 Å². The Morgan fingerprint density at radius 2 is 1.76 bits per heavy atom. The Morgan fingerprint density at radius 1 is 1.18 bits per heavy atom. The molecule has 1 heterocycles. The summed E-state index contributed by atoms with van der Waals surface area (Å²) in [7, 11) is 4.10. The van der Waals surface area contributed by atoms with Crippen LogP contribution in [-0.4, -0.2) is 67.5 Å². The van der Waals surface area contributed by atoms with Crippen LogP contribution in [0.2, 0.25) is 0 Å². The van der Waals surface area contributed by atoms with E-state index in [0.717, 1.165) is 45.6 Å². The van der Waals surface area contributed by atoms with E-state index in [-0.39, 0.29) is 6.03 Å². The van der Waals surface area contributed by atoms with Crippen molar-refractivity contribution in [2.24, 2.45) is 5.92 Å². The summed E-state index contributed by atoms with van der Waals surface area (Å²) in [5.74, 6) is 0.531. The first-order valence-corrected chi connectivity index (χ1v) is 6.69. The van der Waals surface area contributed by atoms with Crippen molar-refractivity contribution >= 4 is 6.03 Å². The van der Waals surface area contributed by atoms with E-state index in [1.807, 2.05) is 23.9 Å². The van der Waals surface area contributed by atoms with Crippen LogP contribution < -0.4 is 0 Å². The number of amides is 2. The molecule has 4 heteroatoms. The SMILES string of the molecule is CC(C)CN(CCN(C)C)C(=O)N1CCCC1. The van der Waals surface area contributed by atoms with Crippen LogP contribution in [0.3, 0.4) is 0 Å². The molecule has 0 N–H and O–H groups in total. The van der Waals surface area contributed by atoms with Crippen LogP contribution in [0.5, 0.6) is 0 Å². The Kier molecular flexibility index (Phi) is 5.75. The van der Waals surface area contributed by atoms with E-state index in [0.29, 0.717) is 5.92 Å². The fraction of sp³-hybridized carbons (Fsp3) is 0.923. The molecule has 1 aliphatic rings. The van der Waals surface area contributed by atoms with E-state index in [1.165, 1.54) is 0 Å². The molecular formula is C13H27N3O. The van der Waals surface area contributed by atoms with Gasteiger partial charge in [-0.15, -0.1) is 0 Å². The molecule has 17 heavy (non-hydrogen) atoms. The van der Waals surface area contributed by atoms with Gasteiger partial charge >= 0.3 is 6.03 Å². The van der Waals surface area contributed by atoms with Gasteiger partial charge in [-0.2, -0.15) is 0 Å². The molecule has 0 unspecified atom stereocenters. The molecule has 0 bridgehead atoms. The molecule has 0 aromatic rings. The Hall–Kier alpha value is -0.770. The van der Waals surface area contributed by atoms with Gasteiger partial charge in [-0.05, 0) is 32.9 Å². The molecular weight excluding hydrogens is 214 g/mol. The van der Waals surface area contributed by atoms with Crippen molar-refractivity contribution in [1.82, 2.24) is 14.7 Å². The number of rotatable bonds is 5. The number of carbonyl (C=O) groups is 1. The molecule has 1 fully saturated rings. The highest BCUT2D eigenvalue weighted by Gasteiger charge is 2.23. The van der Waals surface area contributed by atoms with Gasteiger partial charge in [-0.25, -0.2) is 4.79 Å². The first-order valence-electron chi connectivity index (χ1n) is 6.69. The van der Waals surface area contributed by atoms with E-state index in [9.17, 15) is 4.79 Å². The summed E-state index contributed by atoms with van der Waals surface area (Å²) >= 11 is 0. The zero-order valence-corrected chi connectivity index (χ0v) is 11.8. The van der Waals surface area contributed by atoms with Crippen molar-refractivity contribution in [2.75, 3.05) is 46.8 Å². The van der Waals surface area contributed by atoms with Crippen LogP contribution in [0.1, 0.15) is 26.7 Å². The average molecular weight is 241 g/mol. The Balaban J connectivity index is 2.50. The molecule has 4 nitrogen and oxygen atoms in total. The predicted molar refractivity (Wildman–Crippen MR) is 71.2 cm³/mol.